The highest BCUT2D eigenvalue weighted by atomic mass is 32.2. The van der Waals surface area contributed by atoms with E-state index < -0.39 is 0 Å². The summed E-state index contributed by atoms with van der Waals surface area (Å²) < 4.78 is 0. The second kappa shape index (κ2) is 7.55. The molecule has 1 atom stereocenters. The molecule has 0 saturated heterocycles. The van der Waals surface area contributed by atoms with E-state index in [-0.39, 0.29) is 12.0 Å². The van der Waals surface area contributed by atoms with Gasteiger partial charge in [0, 0.05) is 12.0 Å². The third kappa shape index (κ3) is 4.20. The summed E-state index contributed by atoms with van der Waals surface area (Å²) in [6, 6.07) is 0. The third-order valence-corrected chi connectivity index (χ3v) is 4.10. The zero-order valence-electron chi connectivity index (χ0n) is 9.75. The summed E-state index contributed by atoms with van der Waals surface area (Å²) in [5.41, 5.74) is 5.72. The van der Waals surface area contributed by atoms with E-state index in [0.29, 0.717) is 12.5 Å². The zero-order valence-corrected chi connectivity index (χ0v) is 10.6. The van der Waals surface area contributed by atoms with E-state index in [1.165, 1.54) is 11.5 Å². The first-order chi connectivity index (χ1) is 6.63. The molecule has 0 aliphatic rings. The first-order valence-corrected chi connectivity index (χ1v) is 6.67. The number of nitrogens with two attached hydrogens (primary N) is 1. The first kappa shape index (κ1) is 14.3. The molecule has 0 saturated carbocycles. The average Bonchev–Trinajstić information content (AvgIpc) is 2.18. The summed E-state index contributed by atoms with van der Waals surface area (Å²) in [5.74, 6) is 2.82. The lowest BCUT2D eigenvalue weighted by atomic mass is 9.74. The molecule has 0 radical (unpaired) electrons. The lowest BCUT2D eigenvalue weighted by Crippen LogP contribution is -2.39. The lowest BCUT2D eigenvalue weighted by molar-refractivity contribution is 0.0746. The van der Waals surface area contributed by atoms with Gasteiger partial charge in [0.2, 0.25) is 0 Å². The summed E-state index contributed by atoms with van der Waals surface area (Å²) in [4.78, 5) is 0. The fourth-order valence-corrected chi connectivity index (χ4v) is 2.26. The van der Waals surface area contributed by atoms with Gasteiger partial charge in [-0.15, -0.1) is 0 Å². The molecule has 0 spiro atoms. The maximum absolute atomic E-state index is 9.42. The number of aliphatic hydroxyl groups excluding tert-OH is 1. The Hall–Kier alpha value is 0.270. The summed E-state index contributed by atoms with van der Waals surface area (Å²) >= 11 is 1.96. The molecule has 1 unspecified atom stereocenters. The molecule has 0 aromatic rings. The smallest absolute Gasteiger partial charge is 0.0501 e. The van der Waals surface area contributed by atoms with E-state index >= 15 is 0 Å². The number of rotatable bonds is 8. The highest BCUT2D eigenvalue weighted by molar-refractivity contribution is 7.99. The molecular formula is C11H25NOS. The maximum atomic E-state index is 9.42. The Bertz CT molecular complexity index is 135. The molecule has 0 aliphatic heterocycles. The van der Waals surface area contributed by atoms with Crippen LogP contribution in [0, 0.1) is 11.3 Å². The highest BCUT2D eigenvalue weighted by Gasteiger charge is 2.30. The van der Waals surface area contributed by atoms with Crippen LogP contribution in [0.25, 0.3) is 0 Å². The summed E-state index contributed by atoms with van der Waals surface area (Å²) in [6.45, 7) is 7.29. The highest BCUT2D eigenvalue weighted by Crippen LogP contribution is 2.31. The first-order valence-electron chi connectivity index (χ1n) is 5.51. The Kier molecular flexibility index (Phi) is 7.69. The second-order valence-electron chi connectivity index (χ2n) is 4.18. The van der Waals surface area contributed by atoms with Crippen LogP contribution < -0.4 is 5.73 Å². The van der Waals surface area contributed by atoms with Gasteiger partial charge in [0.25, 0.3) is 0 Å². The minimum absolute atomic E-state index is 0.0473. The quantitative estimate of drug-likeness (QED) is 0.615. The SMILES string of the molecule is CCSCCCC(CN)(CO)C(C)C. The number of thioether (sulfide) groups is 1. The van der Waals surface area contributed by atoms with Crippen molar-refractivity contribution in [2.45, 2.75) is 33.6 Å². The van der Waals surface area contributed by atoms with Gasteiger partial charge < -0.3 is 10.8 Å². The predicted octanol–water partition coefficient (Wildman–Crippen LogP) is 2.11. The minimum Gasteiger partial charge on any atom is -0.396 e. The second-order valence-corrected chi connectivity index (χ2v) is 5.57. The Morgan fingerprint density at radius 2 is 2.07 bits per heavy atom. The van der Waals surface area contributed by atoms with Crippen LogP contribution in [-0.2, 0) is 0 Å². The van der Waals surface area contributed by atoms with Crippen LogP contribution in [0.5, 0.6) is 0 Å². The molecule has 3 N–H and O–H groups in total. The van der Waals surface area contributed by atoms with Gasteiger partial charge in [-0.05, 0) is 30.3 Å². The molecule has 86 valence electrons. The van der Waals surface area contributed by atoms with E-state index in [1.54, 1.807) is 0 Å². The Labute approximate surface area is 92.6 Å². The molecule has 0 aromatic carbocycles. The van der Waals surface area contributed by atoms with Crippen LogP contribution in [0.2, 0.25) is 0 Å². The Morgan fingerprint density at radius 1 is 1.43 bits per heavy atom. The third-order valence-electron chi connectivity index (χ3n) is 3.11. The van der Waals surface area contributed by atoms with Crippen LogP contribution in [0.15, 0.2) is 0 Å². The van der Waals surface area contributed by atoms with E-state index in [9.17, 15) is 5.11 Å². The van der Waals surface area contributed by atoms with Gasteiger partial charge in [-0.3, -0.25) is 0 Å². The van der Waals surface area contributed by atoms with E-state index in [2.05, 4.69) is 20.8 Å². The van der Waals surface area contributed by atoms with Crippen molar-refractivity contribution in [1.29, 1.82) is 0 Å². The molecule has 0 aromatic heterocycles. The Morgan fingerprint density at radius 3 is 2.43 bits per heavy atom. The predicted molar refractivity (Wildman–Crippen MR) is 65.6 cm³/mol. The fraction of sp³-hybridized carbons (Fsp3) is 1.00. The molecule has 14 heavy (non-hydrogen) atoms. The van der Waals surface area contributed by atoms with Crippen molar-refractivity contribution < 1.29 is 5.11 Å². The largest absolute Gasteiger partial charge is 0.396 e. The van der Waals surface area contributed by atoms with E-state index in [0.717, 1.165) is 12.8 Å². The lowest BCUT2D eigenvalue weighted by Gasteiger charge is -2.34. The van der Waals surface area contributed by atoms with E-state index in [1.807, 2.05) is 11.8 Å². The molecule has 3 heteroatoms. The molecule has 2 nitrogen and oxygen atoms in total. The van der Waals surface area contributed by atoms with Crippen molar-refractivity contribution in [3.63, 3.8) is 0 Å². The van der Waals surface area contributed by atoms with Gasteiger partial charge in [0.05, 0.1) is 6.61 Å². The van der Waals surface area contributed by atoms with Crippen molar-refractivity contribution >= 4 is 11.8 Å². The van der Waals surface area contributed by atoms with Gasteiger partial charge in [0.1, 0.15) is 0 Å². The van der Waals surface area contributed by atoms with Crippen LogP contribution in [0.4, 0.5) is 0 Å². The molecule has 0 fully saturated rings. The normalized spacial score (nSPS) is 15.9. The molecule has 0 bridgehead atoms. The van der Waals surface area contributed by atoms with Gasteiger partial charge in [-0.25, -0.2) is 0 Å². The summed E-state index contributed by atoms with van der Waals surface area (Å²) in [5, 5.41) is 9.42. The summed E-state index contributed by atoms with van der Waals surface area (Å²) in [6.07, 6.45) is 2.21. The van der Waals surface area contributed by atoms with Gasteiger partial charge in [-0.1, -0.05) is 20.8 Å². The van der Waals surface area contributed by atoms with Crippen molar-refractivity contribution in [2.75, 3.05) is 24.7 Å². The van der Waals surface area contributed by atoms with E-state index in [4.69, 9.17) is 5.73 Å². The number of aliphatic hydroxyl groups is 1. The summed E-state index contributed by atoms with van der Waals surface area (Å²) in [7, 11) is 0. The van der Waals surface area contributed by atoms with Crippen LogP contribution >= 0.6 is 11.8 Å². The molecule has 0 rings (SSSR count). The van der Waals surface area contributed by atoms with Crippen LogP contribution in [0.1, 0.15) is 33.6 Å². The fourth-order valence-electron chi connectivity index (χ4n) is 1.62. The zero-order chi connectivity index (χ0) is 11.0. The van der Waals surface area contributed by atoms with Crippen molar-refractivity contribution in [3.8, 4) is 0 Å². The molecule has 0 amide bonds. The van der Waals surface area contributed by atoms with Gasteiger partial charge in [-0.2, -0.15) is 11.8 Å². The number of hydrogen-bond acceptors (Lipinski definition) is 3. The molecule has 0 heterocycles. The van der Waals surface area contributed by atoms with Gasteiger partial charge >= 0.3 is 0 Å². The standard InChI is InChI=1S/C11H25NOS/c1-4-14-7-5-6-11(8-12,9-13)10(2)3/h10,13H,4-9,12H2,1-3H3. The topological polar surface area (TPSA) is 46.2 Å². The monoisotopic (exact) mass is 219 g/mol. The Balaban J connectivity index is 3.95. The molecule has 0 aliphatic carbocycles. The average molecular weight is 219 g/mol. The minimum atomic E-state index is -0.0473. The van der Waals surface area contributed by atoms with Crippen LogP contribution in [-0.4, -0.2) is 29.8 Å². The van der Waals surface area contributed by atoms with Gasteiger partial charge in [0.15, 0.2) is 0 Å². The molecular weight excluding hydrogens is 194 g/mol. The van der Waals surface area contributed by atoms with Crippen molar-refractivity contribution in [2.24, 2.45) is 17.1 Å². The number of hydrogen-bond donors (Lipinski definition) is 2. The van der Waals surface area contributed by atoms with Crippen molar-refractivity contribution in [1.82, 2.24) is 0 Å². The maximum Gasteiger partial charge on any atom is 0.0501 e. The van der Waals surface area contributed by atoms with Crippen molar-refractivity contribution in [3.05, 3.63) is 0 Å². The van der Waals surface area contributed by atoms with Crippen LogP contribution in [0.3, 0.4) is 0 Å².